The highest BCUT2D eigenvalue weighted by Crippen LogP contribution is 2.32. The molecule has 1 aromatic carbocycles. The molecule has 0 unspecified atom stereocenters. The molecule has 0 amide bonds. The maximum Gasteiger partial charge on any atom is 0.136 e. The number of rotatable bonds is 2. The van der Waals surface area contributed by atoms with Crippen molar-refractivity contribution in [1.82, 2.24) is 4.98 Å². The van der Waals surface area contributed by atoms with Crippen LogP contribution in [0.1, 0.15) is 5.76 Å². The van der Waals surface area contributed by atoms with Crippen molar-refractivity contribution in [3.05, 3.63) is 53.4 Å². The smallest absolute Gasteiger partial charge is 0.136 e. The average molecular weight is 260 g/mol. The summed E-state index contributed by atoms with van der Waals surface area (Å²) in [6.45, 7) is -0.112. The predicted octanol–water partition coefficient (Wildman–Crippen LogP) is 3.64. The molecule has 0 aliphatic carbocycles. The first-order valence-electron chi connectivity index (χ1n) is 5.53. The third-order valence-electron chi connectivity index (χ3n) is 2.80. The number of aliphatic hydroxyl groups excluding tert-OH is 1. The number of pyridine rings is 1. The van der Waals surface area contributed by atoms with Crippen LogP contribution in [0.4, 0.5) is 0 Å². The third kappa shape index (κ3) is 1.78. The van der Waals surface area contributed by atoms with Crippen molar-refractivity contribution >= 4 is 22.5 Å². The van der Waals surface area contributed by atoms with Crippen LogP contribution in [0.3, 0.4) is 0 Å². The van der Waals surface area contributed by atoms with E-state index in [1.165, 1.54) is 0 Å². The molecule has 3 rings (SSSR count). The van der Waals surface area contributed by atoms with Crippen LogP contribution in [0.2, 0.25) is 5.02 Å². The minimum atomic E-state index is -0.112. The maximum absolute atomic E-state index is 9.02. The van der Waals surface area contributed by atoms with E-state index in [1.807, 2.05) is 30.3 Å². The number of aromatic nitrogens is 1. The predicted molar refractivity (Wildman–Crippen MR) is 70.4 cm³/mol. The van der Waals surface area contributed by atoms with Crippen LogP contribution < -0.4 is 0 Å². The second kappa shape index (κ2) is 4.44. The highest BCUT2D eigenvalue weighted by molar-refractivity contribution is 6.35. The first-order valence-corrected chi connectivity index (χ1v) is 5.90. The number of furan rings is 1. The lowest BCUT2D eigenvalue weighted by molar-refractivity contribution is 0.248. The van der Waals surface area contributed by atoms with Crippen LogP contribution in [0.25, 0.3) is 22.2 Å². The molecule has 0 aliphatic rings. The van der Waals surface area contributed by atoms with Gasteiger partial charge in [0.2, 0.25) is 0 Å². The molecule has 3 aromatic rings. The fourth-order valence-corrected chi connectivity index (χ4v) is 2.16. The van der Waals surface area contributed by atoms with E-state index in [2.05, 4.69) is 4.98 Å². The highest BCUT2D eigenvalue weighted by atomic mass is 35.5. The normalized spacial score (nSPS) is 11.0. The van der Waals surface area contributed by atoms with E-state index in [9.17, 15) is 0 Å². The van der Waals surface area contributed by atoms with Gasteiger partial charge in [0.05, 0.1) is 10.5 Å². The minimum Gasteiger partial charge on any atom is -0.459 e. The van der Waals surface area contributed by atoms with Gasteiger partial charge in [-0.1, -0.05) is 11.6 Å². The molecule has 1 N–H and O–H groups in total. The summed E-state index contributed by atoms with van der Waals surface area (Å²) in [5.41, 5.74) is 1.67. The van der Waals surface area contributed by atoms with E-state index in [-0.39, 0.29) is 6.61 Å². The molecule has 0 aliphatic heterocycles. The van der Waals surface area contributed by atoms with Gasteiger partial charge in [-0.3, -0.25) is 4.98 Å². The van der Waals surface area contributed by atoms with E-state index >= 15 is 0 Å². The van der Waals surface area contributed by atoms with Gasteiger partial charge in [0.1, 0.15) is 18.1 Å². The van der Waals surface area contributed by atoms with Crippen molar-refractivity contribution in [1.29, 1.82) is 0 Å². The van der Waals surface area contributed by atoms with Gasteiger partial charge in [-0.2, -0.15) is 0 Å². The van der Waals surface area contributed by atoms with Gasteiger partial charge in [-0.05, 0) is 36.4 Å². The molecule has 3 nitrogen and oxygen atoms in total. The van der Waals surface area contributed by atoms with E-state index < -0.39 is 0 Å². The van der Waals surface area contributed by atoms with Crippen molar-refractivity contribution in [2.75, 3.05) is 0 Å². The zero-order chi connectivity index (χ0) is 12.5. The molecule has 0 saturated carbocycles. The average Bonchev–Trinajstić information content (AvgIpc) is 2.88. The number of hydrogen-bond acceptors (Lipinski definition) is 3. The van der Waals surface area contributed by atoms with Gasteiger partial charge >= 0.3 is 0 Å². The molecule has 4 heteroatoms. The van der Waals surface area contributed by atoms with E-state index in [0.717, 1.165) is 16.5 Å². The highest BCUT2D eigenvalue weighted by Gasteiger charge is 2.10. The minimum absolute atomic E-state index is 0.112. The van der Waals surface area contributed by atoms with Gasteiger partial charge in [-0.15, -0.1) is 0 Å². The molecule has 2 heterocycles. The Hall–Kier alpha value is -1.84. The van der Waals surface area contributed by atoms with Crippen LogP contribution in [0.5, 0.6) is 0 Å². The molecule has 0 bridgehead atoms. The Balaban J connectivity index is 2.26. The molecular weight excluding hydrogens is 250 g/mol. The van der Waals surface area contributed by atoms with Crippen LogP contribution in [-0.4, -0.2) is 10.1 Å². The number of aliphatic hydroxyl groups is 1. The Morgan fingerprint density at radius 2 is 2.06 bits per heavy atom. The number of fused-ring (bicyclic) bond motifs is 1. The van der Waals surface area contributed by atoms with Crippen LogP contribution in [-0.2, 0) is 6.61 Å². The summed E-state index contributed by atoms with van der Waals surface area (Å²) in [6, 6.07) is 11.0. The Kier molecular flexibility index (Phi) is 2.78. The standard InChI is InChI=1S/C14H10ClNO2/c15-12-5-4-11(13-6-3-9(8-17)18-13)14-10(12)2-1-7-16-14/h1-7,17H,8H2. The Morgan fingerprint density at radius 3 is 2.83 bits per heavy atom. The molecule has 0 spiro atoms. The quantitative estimate of drug-likeness (QED) is 0.764. The first-order chi connectivity index (χ1) is 8.79. The molecule has 0 radical (unpaired) electrons. The molecule has 0 atom stereocenters. The largest absolute Gasteiger partial charge is 0.459 e. The number of hydrogen-bond donors (Lipinski definition) is 1. The monoisotopic (exact) mass is 259 g/mol. The molecule has 18 heavy (non-hydrogen) atoms. The first kappa shape index (κ1) is 11.3. The third-order valence-corrected chi connectivity index (χ3v) is 3.13. The van der Waals surface area contributed by atoms with Gasteiger partial charge in [0, 0.05) is 17.1 Å². The lowest BCUT2D eigenvalue weighted by Gasteiger charge is -2.04. The number of nitrogens with zero attached hydrogens (tertiary/aromatic N) is 1. The lowest BCUT2D eigenvalue weighted by Crippen LogP contribution is -1.84. The maximum atomic E-state index is 9.02. The van der Waals surface area contributed by atoms with Gasteiger partial charge < -0.3 is 9.52 Å². The van der Waals surface area contributed by atoms with Crippen LogP contribution in [0, 0.1) is 0 Å². The van der Waals surface area contributed by atoms with Crippen LogP contribution >= 0.6 is 11.6 Å². The summed E-state index contributed by atoms with van der Waals surface area (Å²) < 4.78 is 5.53. The lowest BCUT2D eigenvalue weighted by atomic mass is 10.1. The molecule has 90 valence electrons. The summed E-state index contributed by atoms with van der Waals surface area (Å²) in [6.07, 6.45) is 1.72. The Labute approximate surface area is 109 Å². The van der Waals surface area contributed by atoms with Gasteiger partial charge in [0.15, 0.2) is 0 Å². The second-order valence-electron chi connectivity index (χ2n) is 3.92. The van der Waals surface area contributed by atoms with Crippen molar-refractivity contribution in [2.24, 2.45) is 0 Å². The SMILES string of the molecule is OCc1ccc(-c2ccc(Cl)c3cccnc23)o1. The molecule has 0 saturated heterocycles. The van der Waals surface area contributed by atoms with Crippen molar-refractivity contribution in [3.63, 3.8) is 0 Å². The molecule has 0 fully saturated rings. The molecule has 2 aromatic heterocycles. The van der Waals surface area contributed by atoms with Crippen LogP contribution in [0.15, 0.2) is 47.0 Å². The Morgan fingerprint density at radius 1 is 1.17 bits per heavy atom. The van der Waals surface area contributed by atoms with Gasteiger partial charge in [0.25, 0.3) is 0 Å². The van der Waals surface area contributed by atoms with E-state index in [1.54, 1.807) is 12.3 Å². The molecular formula is C14H10ClNO2. The second-order valence-corrected chi connectivity index (χ2v) is 4.33. The summed E-state index contributed by atoms with van der Waals surface area (Å²) in [5, 5.41) is 10.6. The van der Waals surface area contributed by atoms with E-state index in [0.29, 0.717) is 16.5 Å². The summed E-state index contributed by atoms with van der Waals surface area (Å²) in [4.78, 5) is 4.35. The summed E-state index contributed by atoms with van der Waals surface area (Å²) in [5.74, 6) is 1.21. The number of halogens is 1. The summed E-state index contributed by atoms with van der Waals surface area (Å²) in [7, 11) is 0. The zero-order valence-corrected chi connectivity index (χ0v) is 10.2. The fourth-order valence-electron chi connectivity index (χ4n) is 1.94. The van der Waals surface area contributed by atoms with Crippen molar-refractivity contribution < 1.29 is 9.52 Å². The zero-order valence-electron chi connectivity index (χ0n) is 9.43. The van der Waals surface area contributed by atoms with E-state index in [4.69, 9.17) is 21.1 Å². The van der Waals surface area contributed by atoms with Crippen molar-refractivity contribution in [3.8, 4) is 11.3 Å². The topological polar surface area (TPSA) is 46.3 Å². The van der Waals surface area contributed by atoms with Crippen molar-refractivity contribution in [2.45, 2.75) is 6.61 Å². The van der Waals surface area contributed by atoms with Gasteiger partial charge in [-0.25, -0.2) is 0 Å². The summed E-state index contributed by atoms with van der Waals surface area (Å²) >= 11 is 6.14. The fraction of sp³-hybridized carbons (Fsp3) is 0.0714. The Bertz CT molecular complexity index is 706. The number of benzene rings is 1.